The number of ether oxygens (including phenoxy) is 1. The molecule has 3 heterocycles. The van der Waals surface area contributed by atoms with Crippen LogP contribution in [0.15, 0.2) is 22.7 Å². The monoisotopic (exact) mass is 261 g/mol. The van der Waals surface area contributed by atoms with Crippen LogP contribution in [-0.4, -0.2) is 22.6 Å². The van der Waals surface area contributed by atoms with Crippen molar-refractivity contribution in [2.75, 3.05) is 12.4 Å². The third-order valence-corrected chi connectivity index (χ3v) is 3.22. The van der Waals surface area contributed by atoms with Gasteiger partial charge in [0.1, 0.15) is 11.6 Å². The van der Waals surface area contributed by atoms with Gasteiger partial charge in [0.15, 0.2) is 5.76 Å². The molecule has 0 spiro atoms. The summed E-state index contributed by atoms with van der Waals surface area (Å²) in [5.41, 5.74) is 0. The Morgan fingerprint density at radius 3 is 3.16 bits per heavy atom. The second-order valence-corrected chi connectivity index (χ2v) is 4.45. The molecule has 2 aromatic heterocycles. The summed E-state index contributed by atoms with van der Waals surface area (Å²) in [5.74, 6) is 1.99. The zero-order valence-electron chi connectivity index (χ0n) is 10.7. The fourth-order valence-corrected chi connectivity index (χ4v) is 2.25. The number of carbonyl (C=O) groups is 1. The second-order valence-electron chi connectivity index (χ2n) is 4.45. The van der Waals surface area contributed by atoms with E-state index in [1.165, 1.54) is 7.11 Å². The van der Waals surface area contributed by atoms with E-state index in [2.05, 4.69) is 10.3 Å². The zero-order valence-corrected chi connectivity index (χ0v) is 10.7. The molecule has 1 aliphatic heterocycles. The van der Waals surface area contributed by atoms with Gasteiger partial charge in [-0.25, -0.2) is 4.98 Å². The molecule has 0 radical (unpaired) electrons. The first-order chi connectivity index (χ1) is 9.28. The molecule has 100 valence electrons. The third kappa shape index (κ3) is 2.21. The molecule has 0 saturated heterocycles. The highest BCUT2D eigenvalue weighted by Crippen LogP contribution is 2.21. The highest BCUT2D eigenvalue weighted by atomic mass is 16.6. The van der Waals surface area contributed by atoms with Gasteiger partial charge >= 0.3 is 0 Å². The largest absolute Gasteiger partial charge is 0.468 e. The first kappa shape index (κ1) is 11.8. The van der Waals surface area contributed by atoms with Crippen LogP contribution in [0.2, 0.25) is 0 Å². The topological polar surface area (TPSA) is 69.3 Å². The van der Waals surface area contributed by atoms with Crippen LogP contribution >= 0.6 is 0 Å². The number of nitrogens with zero attached hydrogens (tertiary/aromatic N) is 2. The van der Waals surface area contributed by atoms with Crippen LogP contribution in [-0.2, 0) is 13.0 Å². The number of methoxy groups -OCH3 is 1. The lowest BCUT2D eigenvalue weighted by atomic mass is 10.2. The Kier molecular flexibility index (Phi) is 2.98. The summed E-state index contributed by atoms with van der Waals surface area (Å²) in [6.07, 6.45) is 4.92. The predicted octanol–water partition coefficient (Wildman–Crippen LogP) is 2.07. The maximum atomic E-state index is 12.0. The Bertz CT molecular complexity index is 600. The highest BCUT2D eigenvalue weighted by Gasteiger charge is 2.18. The molecule has 6 nitrogen and oxygen atoms in total. The molecule has 0 fully saturated rings. The summed E-state index contributed by atoms with van der Waals surface area (Å²) in [5, 5.41) is 2.82. The fraction of sp³-hybridized carbons (Fsp3) is 0.385. The molecule has 0 aliphatic carbocycles. The van der Waals surface area contributed by atoms with Crippen molar-refractivity contribution in [2.24, 2.45) is 0 Å². The van der Waals surface area contributed by atoms with Gasteiger partial charge in [0.05, 0.1) is 13.3 Å². The summed E-state index contributed by atoms with van der Waals surface area (Å²) >= 11 is 0. The van der Waals surface area contributed by atoms with Crippen LogP contribution < -0.4 is 10.1 Å². The summed E-state index contributed by atoms with van der Waals surface area (Å²) in [6, 6.07) is 3.20. The number of furan rings is 1. The van der Waals surface area contributed by atoms with Crippen molar-refractivity contribution in [3.05, 3.63) is 29.9 Å². The van der Waals surface area contributed by atoms with E-state index in [0.717, 1.165) is 37.4 Å². The molecule has 1 aliphatic rings. The van der Waals surface area contributed by atoms with Gasteiger partial charge in [0.25, 0.3) is 11.9 Å². The minimum Gasteiger partial charge on any atom is -0.468 e. The number of anilines is 1. The predicted molar refractivity (Wildman–Crippen MR) is 68.4 cm³/mol. The third-order valence-electron chi connectivity index (χ3n) is 3.22. The molecule has 6 heteroatoms. The van der Waals surface area contributed by atoms with Crippen molar-refractivity contribution >= 4 is 11.7 Å². The number of rotatable bonds is 3. The van der Waals surface area contributed by atoms with Gasteiger partial charge in [-0.15, -0.1) is 0 Å². The lowest BCUT2D eigenvalue weighted by Crippen LogP contribution is -2.17. The van der Waals surface area contributed by atoms with E-state index in [1.54, 1.807) is 18.3 Å². The normalized spacial score (nSPS) is 13.9. The van der Waals surface area contributed by atoms with Crippen LogP contribution in [0.4, 0.5) is 5.82 Å². The van der Waals surface area contributed by atoms with Gasteiger partial charge in [-0.05, 0) is 18.9 Å². The second kappa shape index (κ2) is 4.79. The number of aryl methyl sites for hydroxylation is 1. The molecule has 1 amide bonds. The number of carbonyl (C=O) groups excluding carboxylic acids is 1. The Morgan fingerprint density at radius 1 is 1.47 bits per heavy atom. The smallest absolute Gasteiger partial charge is 0.292 e. The molecule has 0 bridgehead atoms. The maximum Gasteiger partial charge on any atom is 0.292 e. The van der Waals surface area contributed by atoms with Crippen molar-refractivity contribution in [3.63, 3.8) is 0 Å². The Labute approximate surface area is 110 Å². The lowest BCUT2D eigenvalue weighted by molar-refractivity contribution is 0.0989. The van der Waals surface area contributed by atoms with Gasteiger partial charge in [-0.1, -0.05) is 0 Å². The van der Waals surface area contributed by atoms with Crippen molar-refractivity contribution in [2.45, 2.75) is 25.8 Å². The molecule has 3 rings (SSSR count). The standard InChI is InChI=1S/C13H15N3O3/c1-18-12-6-5-9(19-12)13(17)15-11-8-14-10-4-2-3-7-16(10)11/h5-6,8H,2-4,7H2,1H3,(H,15,17). The molecule has 0 atom stereocenters. The molecular formula is C13H15N3O3. The van der Waals surface area contributed by atoms with Gasteiger partial charge in [0.2, 0.25) is 0 Å². The minimum absolute atomic E-state index is 0.225. The minimum atomic E-state index is -0.295. The van der Waals surface area contributed by atoms with E-state index in [4.69, 9.17) is 9.15 Å². The van der Waals surface area contributed by atoms with E-state index >= 15 is 0 Å². The number of fused-ring (bicyclic) bond motifs is 1. The summed E-state index contributed by atoms with van der Waals surface area (Å²) in [6.45, 7) is 0.895. The van der Waals surface area contributed by atoms with Crippen LogP contribution in [0, 0.1) is 0 Å². The van der Waals surface area contributed by atoms with E-state index in [9.17, 15) is 4.79 Å². The highest BCUT2D eigenvalue weighted by molar-refractivity contribution is 6.01. The van der Waals surface area contributed by atoms with E-state index in [0.29, 0.717) is 5.95 Å². The first-order valence-corrected chi connectivity index (χ1v) is 6.27. The molecule has 0 unspecified atom stereocenters. The van der Waals surface area contributed by atoms with Gasteiger partial charge in [-0.2, -0.15) is 0 Å². The van der Waals surface area contributed by atoms with E-state index < -0.39 is 0 Å². The van der Waals surface area contributed by atoms with Crippen molar-refractivity contribution in [3.8, 4) is 5.95 Å². The Hall–Kier alpha value is -2.24. The van der Waals surface area contributed by atoms with Gasteiger partial charge in [-0.3, -0.25) is 4.79 Å². The Balaban J connectivity index is 1.77. The number of hydrogen-bond donors (Lipinski definition) is 1. The molecular weight excluding hydrogens is 246 g/mol. The first-order valence-electron chi connectivity index (χ1n) is 6.27. The van der Waals surface area contributed by atoms with Crippen LogP contribution in [0.1, 0.15) is 29.2 Å². The molecule has 0 aromatic carbocycles. The Morgan fingerprint density at radius 2 is 2.37 bits per heavy atom. The SMILES string of the molecule is COc1ccc(C(=O)Nc2cnc3n2CCCC3)o1. The van der Waals surface area contributed by atoms with Crippen molar-refractivity contribution in [1.82, 2.24) is 9.55 Å². The van der Waals surface area contributed by atoms with E-state index in [1.807, 2.05) is 4.57 Å². The van der Waals surface area contributed by atoms with Crippen LogP contribution in [0.5, 0.6) is 5.95 Å². The fourth-order valence-electron chi connectivity index (χ4n) is 2.25. The summed E-state index contributed by atoms with van der Waals surface area (Å²) in [7, 11) is 1.49. The van der Waals surface area contributed by atoms with Crippen molar-refractivity contribution in [1.29, 1.82) is 0 Å². The molecule has 2 aromatic rings. The van der Waals surface area contributed by atoms with Gasteiger partial charge in [0, 0.05) is 19.0 Å². The molecule has 19 heavy (non-hydrogen) atoms. The quantitative estimate of drug-likeness (QED) is 0.918. The summed E-state index contributed by atoms with van der Waals surface area (Å²) < 4.78 is 12.2. The number of nitrogens with one attached hydrogen (secondary N) is 1. The molecule has 0 saturated carbocycles. The number of hydrogen-bond acceptors (Lipinski definition) is 4. The van der Waals surface area contributed by atoms with Crippen molar-refractivity contribution < 1.29 is 13.9 Å². The zero-order chi connectivity index (χ0) is 13.2. The van der Waals surface area contributed by atoms with Gasteiger partial charge < -0.3 is 19.0 Å². The molecule has 1 N–H and O–H groups in total. The average Bonchev–Trinajstić information content (AvgIpc) is 3.06. The van der Waals surface area contributed by atoms with Crippen LogP contribution in [0.3, 0.4) is 0 Å². The lowest BCUT2D eigenvalue weighted by Gasteiger charge is -2.16. The number of imidazole rings is 1. The van der Waals surface area contributed by atoms with Crippen LogP contribution in [0.25, 0.3) is 0 Å². The maximum absolute atomic E-state index is 12.0. The number of amides is 1. The average molecular weight is 261 g/mol. The summed E-state index contributed by atoms with van der Waals surface area (Å²) in [4.78, 5) is 16.3. The van der Waals surface area contributed by atoms with E-state index in [-0.39, 0.29) is 11.7 Å². The number of aromatic nitrogens is 2.